The molecule has 0 amide bonds. The third-order valence-electron chi connectivity index (χ3n) is 5.19. The van der Waals surface area contributed by atoms with Gasteiger partial charge in [0.25, 0.3) is 0 Å². The Hall–Kier alpha value is -0.770. The first-order valence-corrected chi connectivity index (χ1v) is 7.92. The van der Waals surface area contributed by atoms with E-state index in [2.05, 4.69) is 28.1 Å². The van der Waals surface area contributed by atoms with E-state index in [1.165, 1.54) is 17.3 Å². The molecule has 4 heteroatoms. The molecule has 1 unspecified atom stereocenters. The molecule has 0 aliphatic heterocycles. The Morgan fingerprint density at radius 2 is 2.00 bits per heavy atom. The molecule has 0 bridgehead atoms. The van der Waals surface area contributed by atoms with Crippen LogP contribution in [0.5, 0.6) is 0 Å². The molecule has 0 saturated heterocycles. The molecule has 1 fully saturated rings. The van der Waals surface area contributed by atoms with E-state index in [1.807, 2.05) is 6.07 Å². The van der Waals surface area contributed by atoms with Crippen molar-refractivity contribution in [3.05, 3.63) is 33.8 Å². The standard InChI is InChI=1S/C16H18BrF2N/c17-12-2-1-11-8-16(14(9-20)13(11)7-12)5-3-10(4-6-16)15(18)19/h1-2,7,9-10,14-15,20H,3-6,8H2. The number of hydrogen-bond acceptors (Lipinski definition) is 1. The van der Waals surface area contributed by atoms with Crippen molar-refractivity contribution in [2.45, 2.75) is 44.4 Å². The molecule has 1 N–H and O–H groups in total. The highest BCUT2D eigenvalue weighted by Crippen LogP contribution is 2.56. The quantitative estimate of drug-likeness (QED) is 0.716. The van der Waals surface area contributed by atoms with Crippen molar-refractivity contribution in [3.8, 4) is 0 Å². The van der Waals surface area contributed by atoms with E-state index in [0.29, 0.717) is 12.8 Å². The van der Waals surface area contributed by atoms with Gasteiger partial charge in [0.15, 0.2) is 0 Å². The van der Waals surface area contributed by atoms with Gasteiger partial charge in [-0.1, -0.05) is 22.0 Å². The molecule has 0 radical (unpaired) electrons. The van der Waals surface area contributed by atoms with Crippen LogP contribution in [0.3, 0.4) is 0 Å². The monoisotopic (exact) mass is 341 g/mol. The predicted octanol–water partition coefficient (Wildman–Crippen LogP) is 5.18. The zero-order chi connectivity index (χ0) is 14.3. The summed E-state index contributed by atoms with van der Waals surface area (Å²) < 4.78 is 26.7. The lowest BCUT2D eigenvalue weighted by Crippen LogP contribution is -2.34. The van der Waals surface area contributed by atoms with E-state index in [0.717, 1.165) is 23.7 Å². The second-order valence-electron chi connectivity index (χ2n) is 6.20. The molecule has 1 spiro atoms. The molecule has 1 nitrogen and oxygen atoms in total. The van der Waals surface area contributed by atoms with Crippen LogP contribution in [0, 0.1) is 16.7 Å². The number of alkyl halides is 2. The summed E-state index contributed by atoms with van der Waals surface area (Å²) in [5.41, 5.74) is 2.51. The number of rotatable bonds is 2. The van der Waals surface area contributed by atoms with Gasteiger partial charge in [0.05, 0.1) is 0 Å². The van der Waals surface area contributed by atoms with Crippen LogP contribution in [-0.4, -0.2) is 12.6 Å². The first-order valence-electron chi connectivity index (χ1n) is 7.13. The Kier molecular flexibility index (Phi) is 3.69. The molecule has 1 saturated carbocycles. The van der Waals surface area contributed by atoms with E-state index in [1.54, 1.807) is 0 Å². The highest BCUT2D eigenvalue weighted by atomic mass is 79.9. The number of benzene rings is 1. The van der Waals surface area contributed by atoms with Crippen molar-refractivity contribution < 1.29 is 8.78 Å². The number of fused-ring (bicyclic) bond motifs is 1. The topological polar surface area (TPSA) is 23.9 Å². The summed E-state index contributed by atoms with van der Waals surface area (Å²) >= 11 is 3.49. The van der Waals surface area contributed by atoms with Crippen LogP contribution in [0.15, 0.2) is 22.7 Å². The lowest BCUT2D eigenvalue weighted by Gasteiger charge is -2.40. The van der Waals surface area contributed by atoms with Crippen LogP contribution in [0.1, 0.15) is 42.7 Å². The summed E-state index contributed by atoms with van der Waals surface area (Å²) in [7, 11) is 0. The lowest BCUT2D eigenvalue weighted by molar-refractivity contribution is 0.0246. The smallest absolute Gasteiger partial charge is 0.241 e. The summed E-state index contributed by atoms with van der Waals surface area (Å²) in [5.74, 6) is -0.351. The first kappa shape index (κ1) is 14.2. The fraction of sp³-hybridized carbons (Fsp3) is 0.562. The third-order valence-corrected chi connectivity index (χ3v) is 5.69. The molecule has 0 aromatic heterocycles. The minimum Gasteiger partial charge on any atom is -0.312 e. The van der Waals surface area contributed by atoms with E-state index in [9.17, 15) is 8.78 Å². The van der Waals surface area contributed by atoms with Crippen molar-refractivity contribution in [2.75, 3.05) is 0 Å². The van der Waals surface area contributed by atoms with Gasteiger partial charge in [-0.05, 0) is 60.8 Å². The summed E-state index contributed by atoms with van der Waals surface area (Å²) in [4.78, 5) is 0. The molecule has 1 aromatic carbocycles. The maximum absolute atomic E-state index is 12.8. The van der Waals surface area contributed by atoms with Crippen molar-refractivity contribution in [2.24, 2.45) is 11.3 Å². The van der Waals surface area contributed by atoms with E-state index >= 15 is 0 Å². The van der Waals surface area contributed by atoms with E-state index in [-0.39, 0.29) is 11.3 Å². The van der Waals surface area contributed by atoms with E-state index < -0.39 is 12.3 Å². The van der Waals surface area contributed by atoms with Gasteiger partial charge in [0.2, 0.25) is 6.43 Å². The van der Waals surface area contributed by atoms with Gasteiger partial charge in [0, 0.05) is 22.5 Å². The molecule has 20 heavy (non-hydrogen) atoms. The van der Waals surface area contributed by atoms with Gasteiger partial charge < -0.3 is 5.41 Å². The van der Waals surface area contributed by atoms with Crippen LogP contribution in [0.2, 0.25) is 0 Å². The molecule has 2 aliphatic rings. The van der Waals surface area contributed by atoms with Gasteiger partial charge in [-0.3, -0.25) is 0 Å². The average Bonchev–Trinajstić information content (AvgIpc) is 2.71. The van der Waals surface area contributed by atoms with Crippen molar-refractivity contribution >= 4 is 22.1 Å². The third kappa shape index (κ3) is 2.22. The minimum absolute atomic E-state index is 0.0102. The molecule has 2 aliphatic carbocycles. The fourth-order valence-electron chi connectivity index (χ4n) is 4.06. The second-order valence-corrected chi connectivity index (χ2v) is 7.11. The SMILES string of the molecule is N=CC1c2cc(Br)ccc2CC12CCC(C(F)F)CC2. The largest absolute Gasteiger partial charge is 0.312 e. The van der Waals surface area contributed by atoms with Gasteiger partial charge in [0.1, 0.15) is 0 Å². The van der Waals surface area contributed by atoms with Gasteiger partial charge in [-0.25, -0.2) is 8.78 Å². The predicted molar refractivity (Wildman–Crippen MR) is 79.8 cm³/mol. The first-order chi connectivity index (χ1) is 9.55. The minimum atomic E-state index is -2.19. The van der Waals surface area contributed by atoms with E-state index in [4.69, 9.17) is 5.41 Å². The second kappa shape index (κ2) is 5.21. The van der Waals surface area contributed by atoms with Crippen molar-refractivity contribution in [3.63, 3.8) is 0 Å². The van der Waals surface area contributed by atoms with Crippen LogP contribution in [0.4, 0.5) is 8.78 Å². The Labute approximate surface area is 126 Å². The highest BCUT2D eigenvalue weighted by molar-refractivity contribution is 9.10. The Morgan fingerprint density at radius 3 is 2.60 bits per heavy atom. The fourth-order valence-corrected chi connectivity index (χ4v) is 4.44. The molecule has 3 rings (SSSR count). The van der Waals surface area contributed by atoms with Crippen molar-refractivity contribution in [1.29, 1.82) is 5.41 Å². The van der Waals surface area contributed by atoms with Crippen LogP contribution in [0.25, 0.3) is 0 Å². The van der Waals surface area contributed by atoms with Crippen LogP contribution < -0.4 is 0 Å². The van der Waals surface area contributed by atoms with Gasteiger partial charge >= 0.3 is 0 Å². The maximum Gasteiger partial charge on any atom is 0.241 e. The van der Waals surface area contributed by atoms with Gasteiger partial charge in [-0.2, -0.15) is 0 Å². The summed E-state index contributed by atoms with van der Waals surface area (Å²) in [5, 5.41) is 7.81. The molecular formula is C16H18BrF2N. The molecular weight excluding hydrogens is 324 g/mol. The normalized spacial score (nSPS) is 32.6. The van der Waals surface area contributed by atoms with Crippen LogP contribution in [-0.2, 0) is 6.42 Å². The number of hydrogen-bond donors (Lipinski definition) is 1. The summed E-state index contributed by atoms with van der Waals surface area (Å²) in [6.45, 7) is 0. The molecule has 108 valence electrons. The summed E-state index contributed by atoms with van der Waals surface area (Å²) in [6, 6.07) is 6.24. The highest BCUT2D eigenvalue weighted by Gasteiger charge is 2.47. The zero-order valence-electron chi connectivity index (χ0n) is 11.2. The zero-order valence-corrected chi connectivity index (χ0v) is 12.8. The lowest BCUT2D eigenvalue weighted by atomic mass is 9.64. The Bertz CT molecular complexity index is 521. The molecule has 0 heterocycles. The number of halogens is 3. The van der Waals surface area contributed by atoms with Gasteiger partial charge in [-0.15, -0.1) is 0 Å². The molecule has 1 aromatic rings. The van der Waals surface area contributed by atoms with Crippen molar-refractivity contribution in [1.82, 2.24) is 0 Å². The number of nitrogens with one attached hydrogen (secondary N) is 1. The Morgan fingerprint density at radius 1 is 1.30 bits per heavy atom. The average molecular weight is 342 g/mol. The summed E-state index contributed by atoms with van der Waals surface area (Å²) in [6.07, 6.45) is 3.09. The van der Waals surface area contributed by atoms with Crippen LogP contribution >= 0.6 is 15.9 Å². The Balaban J connectivity index is 1.88. The molecule has 1 atom stereocenters. The maximum atomic E-state index is 12.8.